The van der Waals surface area contributed by atoms with E-state index >= 15 is 0 Å². The highest BCUT2D eigenvalue weighted by Crippen LogP contribution is 2.52. The summed E-state index contributed by atoms with van der Waals surface area (Å²) >= 11 is 0. The number of aliphatic hydroxyl groups is 2. The summed E-state index contributed by atoms with van der Waals surface area (Å²) in [5.74, 6) is 2.49. The number of fused-ring (bicyclic) bond motifs is 4. The zero-order chi connectivity index (χ0) is 19.0. The molecule has 4 nitrogen and oxygen atoms in total. The third-order valence-corrected chi connectivity index (χ3v) is 7.61. The second-order valence-corrected chi connectivity index (χ2v) is 9.16. The summed E-state index contributed by atoms with van der Waals surface area (Å²) in [5.41, 5.74) is 3.14. The first kappa shape index (κ1) is 19.2. The minimum absolute atomic E-state index is 0.134. The molecule has 27 heavy (non-hydrogen) atoms. The van der Waals surface area contributed by atoms with Crippen LogP contribution in [0.5, 0.6) is 5.75 Å². The van der Waals surface area contributed by atoms with E-state index in [0.29, 0.717) is 18.4 Å². The van der Waals surface area contributed by atoms with Gasteiger partial charge in [0.15, 0.2) is 0 Å². The monoisotopic (exact) mass is 373 g/mol. The number of rotatable bonds is 8. The Morgan fingerprint density at radius 3 is 2.85 bits per heavy atom. The number of aliphatic hydroxyl groups excluding tert-OH is 2. The molecule has 1 unspecified atom stereocenters. The third-order valence-electron chi connectivity index (χ3n) is 7.61. The van der Waals surface area contributed by atoms with Crippen LogP contribution in [-0.2, 0) is 11.8 Å². The lowest BCUT2D eigenvalue weighted by Gasteiger charge is -2.56. The van der Waals surface area contributed by atoms with Gasteiger partial charge in [-0.1, -0.05) is 13.0 Å². The highest BCUT2D eigenvalue weighted by Gasteiger charge is 2.51. The predicted molar refractivity (Wildman–Crippen MR) is 107 cm³/mol. The zero-order valence-corrected chi connectivity index (χ0v) is 16.9. The first-order valence-corrected chi connectivity index (χ1v) is 10.8. The zero-order valence-electron chi connectivity index (χ0n) is 16.9. The van der Waals surface area contributed by atoms with Crippen LogP contribution < -0.4 is 4.74 Å². The number of hydrogen-bond donors (Lipinski definition) is 2. The molecule has 1 heterocycles. The molecule has 1 saturated heterocycles. The number of likely N-dealkylation sites (tertiary alicyclic amines) is 1. The summed E-state index contributed by atoms with van der Waals surface area (Å²) in [6.45, 7) is 4.78. The van der Waals surface area contributed by atoms with Crippen LogP contribution in [-0.4, -0.2) is 54.1 Å². The van der Waals surface area contributed by atoms with Crippen LogP contribution in [0.15, 0.2) is 18.2 Å². The van der Waals surface area contributed by atoms with E-state index in [0.717, 1.165) is 30.9 Å². The third kappa shape index (κ3) is 3.64. The van der Waals surface area contributed by atoms with Crippen molar-refractivity contribution in [3.63, 3.8) is 0 Å². The van der Waals surface area contributed by atoms with Crippen molar-refractivity contribution in [1.82, 2.24) is 4.90 Å². The van der Waals surface area contributed by atoms with Gasteiger partial charge in [0.05, 0.1) is 19.8 Å². The quantitative estimate of drug-likeness (QED) is 0.735. The summed E-state index contributed by atoms with van der Waals surface area (Å²) in [6.07, 6.45) is 7.29. The van der Waals surface area contributed by atoms with Crippen molar-refractivity contribution in [1.29, 1.82) is 0 Å². The molecule has 1 aromatic carbocycles. The summed E-state index contributed by atoms with van der Waals surface area (Å²) < 4.78 is 5.56. The summed E-state index contributed by atoms with van der Waals surface area (Å²) in [5, 5.41) is 19.0. The Bertz CT molecular complexity index is 659. The molecule has 0 spiro atoms. The lowest BCUT2D eigenvalue weighted by atomic mass is 9.56. The van der Waals surface area contributed by atoms with Crippen LogP contribution in [0.4, 0.5) is 0 Å². The molecule has 3 aliphatic rings. The summed E-state index contributed by atoms with van der Waals surface area (Å²) in [6, 6.07) is 7.30. The van der Waals surface area contributed by atoms with E-state index in [1.54, 1.807) is 7.11 Å². The SMILES string of the molecule is COc1ccc2c(c1)[C@@]1(CCC[C@H](O)CO)CCN(CC3CC3)C(C2)[C@@H]1C. The Labute approximate surface area is 163 Å². The van der Waals surface area contributed by atoms with Gasteiger partial charge in [-0.25, -0.2) is 0 Å². The van der Waals surface area contributed by atoms with Crippen molar-refractivity contribution in [2.45, 2.75) is 69.4 Å². The Balaban J connectivity index is 1.63. The fourth-order valence-electron chi connectivity index (χ4n) is 5.75. The highest BCUT2D eigenvalue weighted by molar-refractivity contribution is 5.45. The lowest BCUT2D eigenvalue weighted by Crippen LogP contribution is -2.59. The molecule has 4 atom stereocenters. The minimum atomic E-state index is -0.587. The van der Waals surface area contributed by atoms with Crippen molar-refractivity contribution in [3.8, 4) is 5.75 Å². The van der Waals surface area contributed by atoms with Crippen LogP contribution in [0.1, 0.15) is 56.6 Å². The second-order valence-electron chi connectivity index (χ2n) is 9.16. The topological polar surface area (TPSA) is 52.9 Å². The van der Waals surface area contributed by atoms with Gasteiger partial charge in [0.1, 0.15) is 5.75 Å². The molecular weight excluding hydrogens is 338 g/mol. The molecule has 2 fully saturated rings. The molecule has 2 bridgehead atoms. The molecular formula is C23H35NO3. The van der Waals surface area contributed by atoms with Crippen molar-refractivity contribution >= 4 is 0 Å². The molecule has 2 aliphatic carbocycles. The Morgan fingerprint density at radius 1 is 1.33 bits per heavy atom. The first-order valence-electron chi connectivity index (χ1n) is 10.8. The van der Waals surface area contributed by atoms with Gasteiger partial charge in [0.2, 0.25) is 0 Å². The van der Waals surface area contributed by atoms with E-state index in [2.05, 4.69) is 30.0 Å². The van der Waals surface area contributed by atoms with Crippen LogP contribution in [0.3, 0.4) is 0 Å². The maximum atomic E-state index is 9.82. The van der Waals surface area contributed by atoms with Crippen LogP contribution in [0, 0.1) is 11.8 Å². The number of benzene rings is 1. The molecule has 0 radical (unpaired) electrons. The van der Waals surface area contributed by atoms with Gasteiger partial charge >= 0.3 is 0 Å². The highest BCUT2D eigenvalue weighted by atomic mass is 16.5. The average Bonchev–Trinajstić information content (AvgIpc) is 3.49. The molecule has 1 aliphatic heterocycles. The summed E-state index contributed by atoms with van der Waals surface area (Å²) in [7, 11) is 1.75. The van der Waals surface area contributed by atoms with Gasteiger partial charge in [-0.15, -0.1) is 0 Å². The van der Waals surface area contributed by atoms with Crippen LogP contribution in [0.25, 0.3) is 0 Å². The molecule has 4 rings (SSSR count). The molecule has 1 aromatic rings. The van der Waals surface area contributed by atoms with E-state index in [1.165, 1.54) is 43.5 Å². The van der Waals surface area contributed by atoms with Crippen molar-refractivity contribution in [2.24, 2.45) is 11.8 Å². The normalized spacial score (nSPS) is 31.4. The van der Waals surface area contributed by atoms with Gasteiger partial charge in [-0.3, -0.25) is 4.90 Å². The second kappa shape index (κ2) is 7.73. The number of nitrogens with zero attached hydrogens (tertiary/aromatic N) is 1. The molecule has 2 N–H and O–H groups in total. The first-order chi connectivity index (χ1) is 13.1. The number of hydrogen-bond acceptors (Lipinski definition) is 4. The van der Waals surface area contributed by atoms with Crippen molar-refractivity contribution < 1.29 is 14.9 Å². The smallest absolute Gasteiger partial charge is 0.119 e. The van der Waals surface area contributed by atoms with E-state index in [-0.39, 0.29) is 12.0 Å². The Kier molecular flexibility index (Phi) is 5.50. The molecule has 0 amide bonds. The number of methoxy groups -OCH3 is 1. The number of ether oxygens (including phenoxy) is 1. The van der Waals surface area contributed by atoms with Gasteiger partial charge in [-0.2, -0.15) is 0 Å². The average molecular weight is 374 g/mol. The van der Waals surface area contributed by atoms with Crippen molar-refractivity contribution in [2.75, 3.05) is 26.8 Å². The molecule has 4 heteroatoms. The molecule has 1 saturated carbocycles. The summed E-state index contributed by atoms with van der Waals surface area (Å²) in [4.78, 5) is 2.77. The fraction of sp³-hybridized carbons (Fsp3) is 0.739. The standard InChI is InChI=1S/C23H35NO3/c1-16-22-12-18-7-8-20(27-2)13-21(18)23(16,9-3-4-19(26)15-25)10-11-24(22)14-17-5-6-17/h7-8,13,16-17,19,22,25-26H,3-6,9-12,14-15H2,1-2H3/t16-,19-,22?,23-/m0/s1. The van der Waals surface area contributed by atoms with Gasteiger partial charge in [-0.05, 0) is 86.6 Å². The molecule has 0 aromatic heterocycles. The molecule has 150 valence electrons. The van der Waals surface area contributed by atoms with Crippen LogP contribution >= 0.6 is 0 Å². The van der Waals surface area contributed by atoms with Crippen molar-refractivity contribution in [3.05, 3.63) is 29.3 Å². The lowest BCUT2D eigenvalue weighted by molar-refractivity contribution is 0.0115. The van der Waals surface area contributed by atoms with E-state index in [9.17, 15) is 10.2 Å². The Morgan fingerprint density at radius 2 is 2.15 bits per heavy atom. The van der Waals surface area contributed by atoms with E-state index < -0.39 is 6.10 Å². The maximum absolute atomic E-state index is 9.82. The van der Waals surface area contributed by atoms with Gasteiger partial charge < -0.3 is 14.9 Å². The minimum Gasteiger partial charge on any atom is -0.497 e. The number of piperidine rings is 1. The van der Waals surface area contributed by atoms with Gasteiger partial charge in [0.25, 0.3) is 0 Å². The fourth-order valence-corrected chi connectivity index (χ4v) is 5.75. The van der Waals surface area contributed by atoms with E-state index in [4.69, 9.17) is 4.74 Å². The van der Waals surface area contributed by atoms with E-state index in [1.807, 2.05) is 0 Å². The van der Waals surface area contributed by atoms with Crippen LogP contribution in [0.2, 0.25) is 0 Å². The Hall–Kier alpha value is -1.10. The van der Waals surface area contributed by atoms with Gasteiger partial charge in [0, 0.05) is 18.0 Å². The maximum Gasteiger partial charge on any atom is 0.119 e. The predicted octanol–water partition coefficient (Wildman–Crippen LogP) is 3.13. The largest absolute Gasteiger partial charge is 0.497 e.